The zero-order chi connectivity index (χ0) is 23.7. The summed E-state index contributed by atoms with van der Waals surface area (Å²) < 4.78 is 12.4. The summed E-state index contributed by atoms with van der Waals surface area (Å²) in [6.07, 6.45) is 3.00. The lowest BCUT2D eigenvalue weighted by molar-refractivity contribution is -0.137. The summed E-state index contributed by atoms with van der Waals surface area (Å²) in [5.74, 6) is -0.359. The predicted octanol–water partition coefficient (Wildman–Crippen LogP) is 4.82. The number of methoxy groups -OCH3 is 1. The van der Waals surface area contributed by atoms with Crippen LogP contribution in [0.5, 0.6) is 17.4 Å². The summed E-state index contributed by atoms with van der Waals surface area (Å²) in [5.41, 5.74) is 1.04. The van der Waals surface area contributed by atoms with Crippen LogP contribution < -0.4 is 14.8 Å². The van der Waals surface area contributed by atoms with E-state index in [9.17, 15) is 19.8 Å². The van der Waals surface area contributed by atoms with Gasteiger partial charge in [-0.2, -0.15) is 0 Å². The first-order valence-corrected chi connectivity index (χ1v) is 11.1. The number of carbonyl (C=O) groups excluding carboxylic acids is 1. The molecular formula is C24H25ClN2O6. The molecule has 3 aromatic rings. The smallest absolute Gasteiger partial charge is 0.305 e. The minimum atomic E-state index is -1.04. The second-order valence-electron chi connectivity index (χ2n) is 7.96. The van der Waals surface area contributed by atoms with Gasteiger partial charge < -0.3 is 29.6 Å². The zero-order valence-electron chi connectivity index (χ0n) is 18.3. The Morgan fingerprint density at radius 1 is 1.24 bits per heavy atom. The summed E-state index contributed by atoms with van der Waals surface area (Å²) >= 11 is 6.40. The number of nitrogens with one attached hydrogen (secondary N) is 1. The van der Waals surface area contributed by atoms with Gasteiger partial charge in [0, 0.05) is 17.5 Å². The number of ether oxygens (including phenoxy) is 2. The highest BCUT2D eigenvalue weighted by molar-refractivity contribution is 6.36. The van der Waals surface area contributed by atoms with Crippen molar-refractivity contribution in [1.29, 1.82) is 0 Å². The highest BCUT2D eigenvalue weighted by Gasteiger charge is 2.31. The van der Waals surface area contributed by atoms with E-state index in [-0.39, 0.29) is 24.1 Å². The summed E-state index contributed by atoms with van der Waals surface area (Å²) in [5, 5.41) is 24.9. The Labute approximate surface area is 195 Å². The number of nitrogens with zero attached hydrogens (tertiary/aromatic N) is 1. The monoisotopic (exact) mass is 472 g/mol. The van der Waals surface area contributed by atoms with Crippen molar-refractivity contribution in [3.63, 3.8) is 0 Å². The van der Waals surface area contributed by atoms with E-state index < -0.39 is 12.0 Å². The number of carbonyl (C=O) groups is 2. The van der Waals surface area contributed by atoms with Crippen LogP contribution in [-0.4, -0.2) is 40.4 Å². The average Bonchev–Trinajstić information content (AvgIpc) is 3.58. The third kappa shape index (κ3) is 4.57. The molecule has 1 aliphatic carbocycles. The quantitative estimate of drug-likeness (QED) is 0.412. The number of fused-ring (bicyclic) bond motifs is 1. The van der Waals surface area contributed by atoms with Gasteiger partial charge in [-0.25, -0.2) is 0 Å². The number of aromatic nitrogens is 1. The molecule has 0 unspecified atom stereocenters. The fourth-order valence-electron chi connectivity index (χ4n) is 3.92. The van der Waals surface area contributed by atoms with E-state index in [1.54, 1.807) is 36.5 Å². The number of aliphatic carboxylic acids is 1. The van der Waals surface area contributed by atoms with Crippen molar-refractivity contribution in [1.82, 2.24) is 4.57 Å². The molecule has 9 heteroatoms. The number of benzene rings is 2. The number of carboxylic acid groups (broad SMARTS) is 1. The molecule has 0 spiro atoms. The number of rotatable bonds is 9. The van der Waals surface area contributed by atoms with Gasteiger partial charge >= 0.3 is 5.97 Å². The lowest BCUT2D eigenvalue weighted by Crippen LogP contribution is -2.15. The van der Waals surface area contributed by atoms with E-state index in [0.29, 0.717) is 45.2 Å². The van der Waals surface area contributed by atoms with Crippen molar-refractivity contribution >= 4 is 39.9 Å². The number of halogens is 1. The van der Waals surface area contributed by atoms with Crippen molar-refractivity contribution in [2.75, 3.05) is 19.0 Å². The van der Waals surface area contributed by atoms with Crippen LogP contribution in [0.2, 0.25) is 5.02 Å². The first kappa shape index (κ1) is 22.8. The zero-order valence-corrected chi connectivity index (χ0v) is 19.1. The van der Waals surface area contributed by atoms with Gasteiger partial charge in [0.1, 0.15) is 0 Å². The molecule has 1 amide bonds. The second-order valence-corrected chi connectivity index (χ2v) is 8.37. The molecule has 1 aromatic heterocycles. The highest BCUT2D eigenvalue weighted by Crippen LogP contribution is 2.43. The molecule has 3 N–H and O–H groups in total. The largest absolute Gasteiger partial charge is 0.494 e. The van der Waals surface area contributed by atoms with Crippen molar-refractivity contribution in [3.8, 4) is 17.4 Å². The maximum Gasteiger partial charge on any atom is 0.305 e. The van der Waals surface area contributed by atoms with Gasteiger partial charge in [0.25, 0.3) is 0 Å². The number of aromatic hydroxyl groups is 1. The standard InChI is InChI=1S/C24H25ClN2O6/c1-3-33-20-10-14(6-9-19(20)32-2)18(11-21(28)29)27-12-15-16(25)7-8-17(22(15)24(27)31)26-23(30)13-4-5-13/h6-10,12-13,18,31H,3-5,11H2,1-2H3,(H,26,30)(H,28,29)/t18-/m1/s1. The van der Waals surface area contributed by atoms with E-state index in [0.717, 1.165) is 12.8 Å². The van der Waals surface area contributed by atoms with Crippen molar-refractivity contribution in [2.45, 2.75) is 32.2 Å². The maximum atomic E-state index is 12.3. The van der Waals surface area contributed by atoms with Gasteiger partial charge in [-0.3, -0.25) is 9.59 Å². The van der Waals surface area contributed by atoms with Crippen LogP contribution >= 0.6 is 11.6 Å². The molecule has 1 atom stereocenters. The third-order valence-corrected chi connectivity index (χ3v) is 6.04. The molecular weight excluding hydrogens is 448 g/mol. The Bertz CT molecular complexity index is 1220. The topological polar surface area (TPSA) is 110 Å². The molecule has 2 aromatic carbocycles. The summed E-state index contributed by atoms with van der Waals surface area (Å²) in [6.45, 7) is 2.24. The summed E-state index contributed by atoms with van der Waals surface area (Å²) in [6, 6.07) is 7.66. The molecule has 0 bridgehead atoms. The number of anilines is 1. The number of hydrogen-bond acceptors (Lipinski definition) is 5. The molecule has 8 nitrogen and oxygen atoms in total. The van der Waals surface area contributed by atoms with E-state index in [4.69, 9.17) is 21.1 Å². The SMILES string of the molecule is CCOc1cc([C@@H](CC(=O)O)n2cc3c(Cl)ccc(NC(=O)C4CC4)c3c2O)ccc1OC. The molecule has 0 saturated heterocycles. The van der Waals surface area contributed by atoms with E-state index in [2.05, 4.69) is 5.32 Å². The van der Waals surface area contributed by atoms with Gasteiger partial charge in [0.05, 0.1) is 42.3 Å². The van der Waals surface area contributed by atoms with Crippen molar-refractivity contribution < 1.29 is 29.3 Å². The number of carboxylic acids is 1. The van der Waals surface area contributed by atoms with E-state index in [1.165, 1.54) is 11.7 Å². The fourth-order valence-corrected chi connectivity index (χ4v) is 4.13. The minimum Gasteiger partial charge on any atom is -0.494 e. The first-order chi connectivity index (χ1) is 15.8. The lowest BCUT2D eigenvalue weighted by Gasteiger charge is -2.20. The molecule has 1 saturated carbocycles. The Kier molecular flexibility index (Phi) is 6.37. The molecule has 4 rings (SSSR count). The molecule has 0 aliphatic heterocycles. The fraction of sp³-hybridized carbons (Fsp3) is 0.333. The molecule has 0 radical (unpaired) electrons. The minimum absolute atomic E-state index is 0.0176. The van der Waals surface area contributed by atoms with Crippen LogP contribution in [0.3, 0.4) is 0 Å². The van der Waals surface area contributed by atoms with E-state index in [1.807, 2.05) is 6.92 Å². The van der Waals surface area contributed by atoms with Gasteiger partial charge in [-0.05, 0) is 49.6 Å². The number of amides is 1. The Morgan fingerprint density at radius 3 is 2.64 bits per heavy atom. The lowest BCUT2D eigenvalue weighted by atomic mass is 10.0. The van der Waals surface area contributed by atoms with Crippen molar-refractivity contribution in [2.24, 2.45) is 5.92 Å². The molecule has 33 heavy (non-hydrogen) atoms. The van der Waals surface area contributed by atoms with Gasteiger partial charge in [0.2, 0.25) is 11.8 Å². The molecule has 1 heterocycles. The van der Waals surface area contributed by atoms with Gasteiger partial charge in [-0.15, -0.1) is 0 Å². The summed E-state index contributed by atoms with van der Waals surface area (Å²) in [4.78, 5) is 24.1. The Hall–Kier alpha value is -3.39. The normalized spacial score (nSPS) is 14.2. The molecule has 1 fully saturated rings. The molecule has 174 valence electrons. The average molecular weight is 473 g/mol. The second kappa shape index (κ2) is 9.23. The molecule has 1 aliphatic rings. The Balaban J connectivity index is 1.83. The maximum absolute atomic E-state index is 12.3. The van der Waals surface area contributed by atoms with Crippen LogP contribution in [0.15, 0.2) is 36.5 Å². The third-order valence-electron chi connectivity index (χ3n) is 5.71. The van der Waals surface area contributed by atoms with Crippen LogP contribution in [0, 0.1) is 5.92 Å². The van der Waals surface area contributed by atoms with Gasteiger partial charge in [-0.1, -0.05) is 17.7 Å². The Morgan fingerprint density at radius 2 is 2.00 bits per heavy atom. The highest BCUT2D eigenvalue weighted by atomic mass is 35.5. The van der Waals surface area contributed by atoms with E-state index >= 15 is 0 Å². The van der Waals surface area contributed by atoms with Crippen LogP contribution in [0.25, 0.3) is 10.8 Å². The first-order valence-electron chi connectivity index (χ1n) is 10.7. The number of hydrogen-bond donors (Lipinski definition) is 3. The van der Waals surface area contributed by atoms with Crippen molar-refractivity contribution in [3.05, 3.63) is 47.1 Å². The van der Waals surface area contributed by atoms with Gasteiger partial charge in [0.15, 0.2) is 11.5 Å². The predicted molar refractivity (Wildman–Crippen MR) is 125 cm³/mol. The van der Waals surface area contributed by atoms with Crippen LogP contribution in [-0.2, 0) is 9.59 Å². The van der Waals surface area contributed by atoms with Crippen LogP contribution in [0.1, 0.15) is 37.8 Å². The summed E-state index contributed by atoms with van der Waals surface area (Å²) in [7, 11) is 1.52. The van der Waals surface area contributed by atoms with Crippen LogP contribution in [0.4, 0.5) is 5.69 Å².